The number of rotatable bonds is 4. The van der Waals surface area contributed by atoms with E-state index in [1.807, 2.05) is 13.0 Å². The summed E-state index contributed by atoms with van der Waals surface area (Å²) in [6.07, 6.45) is 1.56. The molecule has 2 heterocycles. The molecule has 6 heteroatoms. The molecule has 2 aromatic rings. The fraction of sp³-hybridized carbons (Fsp3) is 0.455. The van der Waals surface area contributed by atoms with Gasteiger partial charge in [-0.1, -0.05) is 0 Å². The number of aromatic amines is 1. The van der Waals surface area contributed by atoms with Gasteiger partial charge in [0.15, 0.2) is 0 Å². The highest BCUT2D eigenvalue weighted by atomic mass is 32.1. The second-order valence-electron chi connectivity index (χ2n) is 3.98. The van der Waals surface area contributed by atoms with E-state index in [-0.39, 0.29) is 11.2 Å². The normalized spacial score (nSPS) is 11.2. The lowest BCUT2D eigenvalue weighted by Crippen LogP contribution is -2.34. The second-order valence-corrected chi connectivity index (χ2v) is 5.24. The highest BCUT2D eigenvalue weighted by Crippen LogP contribution is 2.18. The van der Waals surface area contributed by atoms with Crippen LogP contribution in [-0.4, -0.2) is 16.1 Å². The third kappa shape index (κ3) is 2.32. The van der Waals surface area contributed by atoms with E-state index in [0.29, 0.717) is 23.3 Å². The number of unbranched alkanes of at least 4 members (excludes halogenated alkanes) is 1. The number of aromatic nitrogens is 2. The lowest BCUT2D eigenvalue weighted by molar-refractivity contribution is 0.578. The Morgan fingerprint density at radius 1 is 1.41 bits per heavy atom. The number of aryl methyl sites for hydroxylation is 1. The first-order valence-electron chi connectivity index (χ1n) is 5.57. The van der Waals surface area contributed by atoms with Gasteiger partial charge in [-0.2, -0.15) is 0 Å². The monoisotopic (exact) mass is 253 g/mol. The van der Waals surface area contributed by atoms with Crippen molar-refractivity contribution in [3.8, 4) is 0 Å². The Labute approximate surface area is 102 Å². The van der Waals surface area contributed by atoms with Gasteiger partial charge in [0.2, 0.25) is 0 Å². The van der Waals surface area contributed by atoms with Crippen LogP contribution in [-0.2, 0) is 6.54 Å². The minimum absolute atomic E-state index is 0.204. The summed E-state index contributed by atoms with van der Waals surface area (Å²) in [6, 6.07) is 1.82. The number of nitrogens with two attached hydrogens (primary N) is 1. The van der Waals surface area contributed by atoms with Crippen LogP contribution >= 0.6 is 11.3 Å². The average molecular weight is 253 g/mol. The van der Waals surface area contributed by atoms with Gasteiger partial charge in [-0.15, -0.1) is 11.3 Å². The summed E-state index contributed by atoms with van der Waals surface area (Å²) >= 11 is 1.43. The summed E-state index contributed by atoms with van der Waals surface area (Å²) in [5.41, 5.74) is 4.86. The number of hydrogen-bond acceptors (Lipinski definition) is 4. The molecule has 0 saturated heterocycles. The van der Waals surface area contributed by atoms with Crippen molar-refractivity contribution < 1.29 is 0 Å². The van der Waals surface area contributed by atoms with Gasteiger partial charge in [0.1, 0.15) is 4.83 Å². The zero-order valence-corrected chi connectivity index (χ0v) is 10.5. The Hall–Kier alpha value is -1.40. The summed E-state index contributed by atoms with van der Waals surface area (Å²) in [7, 11) is 0. The Bertz CT molecular complexity index is 638. The van der Waals surface area contributed by atoms with Gasteiger partial charge in [0.25, 0.3) is 5.56 Å². The van der Waals surface area contributed by atoms with Crippen molar-refractivity contribution in [2.24, 2.45) is 5.73 Å². The van der Waals surface area contributed by atoms with E-state index in [9.17, 15) is 9.59 Å². The predicted octanol–water partition coefficient (Wildman–Crippen LogP) is 0.799. The Kier molecular flexibility index (Phi) is 3.44. The highest BCUT2D eigenvalue weighted by molar-refractivity contribution is 7.18. The van der Waals surface area contributed by atoms with Crippen LogP contribution in [0.2, 0.25) is 0 Å². The maximum Gasteiger partial charge on any atom is 0.329 e. The molecule has 0 aromatic carbocycles. The molecule has 3 N–H and O–H groups in total. The van der Waals surface area contributed by atoms with Crippen LogP contribution in [0.4, 0.5) is 0 Å². The van der Waals surface area contributed by atoms with Crippen molar-refractivity contribution >= 4 is 21.6 Å². The van der Waals surface area contributed by atoms with Crippen LogP contribution in [0, 0.1) is 6.92 Å². The Morgan fingerprint density at radius 3 is 2.88 bits per heavy atom. The van der Waals surface area contributed by atoms with Crippen LogP contribution in [0.15, 0.2) is 15.7 Å². The van der Waals surface area contributed by atoms with Crippen molar-refractivity contribution in [1.82, 2.24) is 9.55 Å². The number of nitrogens with zero attached hydrogens (tertiary/aromatic N) is 1. The first-order valence-corrected chi connectivity index (χ1v) is 6.38. The number of thiophene rings is 1. The smallest absolute Gasteiger partial charge is 0.329 e. The third-order valence-electron chi connectivity index (χ3n) is 2.63. The van der Waals surface area contributed by atoms with E-state index in [4.69, 9.17) is 5.73 Å². The summed E-state index contributed by atoms with van der Waals surface area (Å²) < 4.78 is 1.25. The van der Waals surface area contributed by atoms with Gasteiger partial charge >= 0.3 is 5.69 Å². The maximum absolute atomic E-state index is 12.1. The molecule has 0 radical (unpaired) electrons. The molecule has 0 atom stereocenters. The minimum atomic E-state index is -0.332. The third-order valence-corrected chi connectivity index (χ3v) is 3.60. The van der Waals surface area contributed by atoms with E-state index < -0.39 is 0 Å². The molecule has 92 valence electrons. The summed E-state index contributed by atoms with van der Waals surface area (Å²) in [4.78, 5) is 28.2. The fourth-order valence-corrected chi connectivity index (χ4v) is 2.68. The SMILES string of the molecule is Cc1cc2c(=O)n(CCCCN)c(=O)[nH]c2s1. The van der Waals surface area contributed by atoms with E-state index in [1.165, 1.54) is 15.9 Å². The maximum atomic E-state index is 12.1. The topological polar surface area (TPSA) is 80.9 Å². The van der Waals surface area contributed by atoms with Crippen molar-refractivity contribution in [1.29, 1.82) is 0 Å². The van der Waals surface area contributed by atoms with Crippen LogP contribution in [0.3, 0.4) is 0 Å². The molecule has 0 fully saturated rings. The van der Waals surface area contributed by atoms with E-state index in [2.05, 4.69) is 4.98 Å². The fourth-order valence-electron chi connectivity index (χ4n) is 1.79. The molecule has 5 nitrogen and oxygen atoms in total. The quantitative estimate of drug-likeness (QED) is 0.791. The molecule has 2 rings (SSSR count). The van der Waals surface area contributed by atoms with E-state index in [1.54, 1.807) is 0 Å². The molecule has 2 aromatic heterocycles. The summed E-state index contributed by atoms with van der Waals surface area (Å²) in [5.74, 6) is 0. The van der Waals surface area contributed by atoms with Crippen LogP contribution in [0.1, 0.15) is 17.7 Å². The lowest BCUT2D eigenvalue weighted by Gasteiger charge is -2.03. The van der Waals surface area contributed by atoms with Gasteiger partial charge in [-0.3, -0.25) is 14.3 Å². The van der Waals surface area contributed by atoms with Crippen molar-refractivity contribution in [3.63, 3.8) is 0 Å². The molecular weight excluding hydrogens is 238 g/mol. The molecule has 0 bridgehead atoms. The first kappa shape index (κ1) is 12.1. The number of H-pyrrole nitrogens is 1. The molecule has 0 aliphatic rings. The summed E-state index contributed by atoms with van der Waals surface area (Å²) in [6.45, 7) is 2.92. The zero-order chi connectivity index (χ0) is 12.4. The van der Waals surface area contributed by atoms with Crippen LogP contribution < -0.4 is 17.0 Å². The largest absolute Gasteiger partial charge is 0.330 e. The lowest BCUT2D eigenvalue weighted by atomic mass is 10.3. The van der Waals surface area contributed by atoms with Crippen LogP contribution in [0.25, 0.3) is 10.2 Å². The number of hydrogen-bond donors (Lipinski definition) is 2. The molecule has 0 unspecified atom stereocenters. The Morgan fingerprint density at radius 2 is 2.18 bits per heavy atom. The van der Waals surface area contributed by atoms with Gasteiger partial charge in [-0.05, 0) is 32.4 Å². The molecule has 0 amide bonds. The average Bonchev–Trinajstić information content (AvgIpc) is 2.64. The van der Waals surface area contributed by atoms with Crippen molar-refractivity contribution in [2.45, 2.75) is 26.3 Å². The molecular formula is C11H15N3O2S. The van der Waals surface area contributed by atoms with E-state index in [0.717, 1.165) is 17.7 Å². The van der Waals surface area contributed by atoms with Gasteiger partial charge in [0, 0.05) is 11.4 Å². The van der Waals surface area contributed by atoms with Crippen molar-refractivity contribution in [2.75, 3.05) is 6.54 Å². The molecule has 0 spiro atoms. The van der Waals surface area contributed by atoms with Gasteiger partial charge in [-0.25, -0.2) is 4.79 Å². The van der Waals surface area contributed by atoms with Gasteiger partial charge in [0.05, 0.1) is 5.39 Å². The standard InChI is InChI=1S/C11H15N3O2S/c1-7-6-8-9(17-7)13-11(16)14(10(8)15)5-3-2-4-12/h6H,2-5,12H2,1H3,(H,13,16). The van der Waals surface area contributed by atoms with E-state index >= 15 is 0 Å². The zero-order valence-electron chi connectivity index (χ0n) is 9.66. The highest BCUT2D eigenvalue weighted by Gasteiger charge is 2.09. The second kappa shape index (κ2) is 4.85. The Balaban J connectivity index is 2.48. The number of nitrogens with one attached hydrogen (secondary N) is 1. The first-order chi connectivity index (χ1) is 8.13. The minimum Gasteiger partial charge on any atom is -0.330 e. The summed E-state index contributed by atoms with van der Waals surface area (Å²) in [5, 5.41) is 0.597. The van der Waals surface area contributed by atoms with Crippen LogP contribution in [0.5, 0.6) is 0 Å². The molecule has 0 aliphatic carbocycles. The molecule has 0 aliphatic heterocycles. The predicted molar refractivity (Wildman–Crippen MR) is 69.7 cm³/mol. The molecule has 0 saturated carbocycles. The molecule has 17 heavy (non-hydrogen) atoms. The number of fused-ring (bicyclic) bond motifs is 1. The van der Waals surface area contributed by atoms with Gasteiger partial charge < -0.3 is 5.73 Å². The van der Waals surface area contributed by atoms with Crippen molar-refractivity contribution in [3.05, 3.63) is 31.8 Å².